The molecular weight excluding hydrogens is 110 g/mol. The van der Waals surface area contributed by atoms with Crippen LogP contribution in [0.25, 0.3) is 0 Å². The van der Waals surface area contributed by atoms with Crippen LogP contribution in [0.3, 0.4) is 0 Å². The van der Waals surface area contributed by atoms with Crippen molar-refractivity contribution in [2.45, 2.75) is 0 Å². The highest BCUT2D eigenvalue weighted by Gasteiger charge is 1.58. The van der Waals surface area contributed by atoms with Crippen LogP contribution in [-0.2, 0) is 0 Å². The van der Waals surface area contributed by atoms with Crippen molar-refractivity contribution < 1.29 is 0 Å². The molecule has 4 heteroatoms. The molecule has 0 fully saturated rings. The van der Waals surface area contributed by atoms with E-state index in [1.54, 1.807) is 5.55 Å². The van der Waals surface area contributed by atoms with Crippen molar-refractivity contribution >= 4 is 23.6 Å². The van der Waals surface area contributed by atoms with Gasteiger partial charge in [0.25, 0.3) is 0 Å². The van der Waals surface area contributed by atoms with Gasteiger partial charge in [-0.3, -0.25) is 0 Å². The zero-order valence-corrected chi connectivity index (χ0v) is 4.85. The van der Waals surface area contributed by atoms with E-state index < -0.39 is 0 Å². The molecule has 0 spiro atoms. The minimum Gasteiger partial charge on any atom is -0.322 e. The summed E-state index contributed by atoms with van der Waals surface area (Å²) in [6.45, 7) is 0. The molecule has 0 aliphatic carbocycles. The van der Waals surface area contributed by atoms with Crippen molar-refractivity contribution in [1.82, 2.24) is 0 Å². The van der Waals surface area contributed by atoms with E-state index in [9.17, 15) is 0 Å². The van der Waals surface area contributed by atoms with Gasteiger partial charge >= 0.3 is 0 Å². The predicted molar refractivity (Wildman–Crippen MR) is 34.7 cm³/mol. The Morgan fingerprint density at radius 2 is 2.43 bits per heavy atom. The smallest absolute Gasteiger partial charge is 0.135 e. The summed E-state index contributed by atoms with van der Waals surface area (Å²) in [5.74, 6) is 4.72. The third-order valence-corrected chi connectivity index (χ3v) is 0.632. The van der Waals surface area contributed by atoms with Crippen LogP contribution in [0.5, 0.6) is 0 Å². The largest absolute Gasteiger partial charge is 0.322 e. The van der Waals surface area contributed by atoms with Gasteiger partial charge in [-0.15, -0.1) is 11.8 Å². The fourth-order valence-electron chi connectivity index (χ4n) is 0.127. The molecule has 0 saturated carbocycles. The van der Waals surface area contributed by atoms with Gasteiger partial charge in [-0.25, -0.2) is 4.99 Å². The van der Waals surface area contributed by atoms with Gasteiger partial charge in [0.05, 0.1) is 5.55 Å². The topological polar surface area (TPSA) is 50.7 Å². The highest BCUT2D eigenvalue weighted by Crippen LogP contribution is 1.79. The summed E-state index contributed by atoms with van der Waals surface area (Å²) in [4.78, 5) is 3.63. The number of thioether (sulfide) groups is 1. The first kappa shape index (κ1) is 6.49. The first-order valence-corrected chi connectivity index (χ1v) is 2.96. The Labute approximate surface area is 46.7 Å². The fourth-order valence-corrected chi connectivity index (χ4v) is 0.303. The van der Waals surface area contributed by atoms with E-state index in [-0.39, 0.29) is 0 Å². The van der Waals surface area contributed by atoms with Gasteiger partial charge < -0.3 is 5.84 Å². The van der Waals surface area contributed by atoms with Gasteiger partial charge in [0.1, 0.15) is 6.34 Å². The van der Waals surface area contributed by atoms with Crippen molar-refractivity contribution in [1.29, 1.82) is 0 Å². The van der Waals surface area contributed by atoms with Crippen LogP contribution >= 0.6 is 11.8 Å². The standard InChI is InChI=1S/C3H7N3S/c1-7-3-5-2-6-4/h2-3H,4H2,1H3/b5-3+,6-2-. The van der Waals surface area contributed by atoms with Crippen LogP contribution in [0, 0.1) is 0 Å². The Balaban J connectivity index is 3.09. The molecule has 0 aromatic rings. The summed E-state index contributed by atoms with van der Waals surface area (Å²) in [6.07, 6.45) is 3.20. The van der Waals surface area contributed by atoms with Gasteiger partial charge in [-0.1, -0.05) is 0 Å². The molecule has 0 amide bonds. The van der Waals surface area contributed by atoms with Crippen LogP contribution in [0.1, 0.15) is 0 Å². The number of hydrogen-bond acceptors (Lipinski definition) is 3. The molecule has 0 heterocycles. The number of nitrogens with two attached hydrogens (primary N) is 1. The second-order valence-electron chi connectivity index (χ2n) is 0.755. The molecule has 0 saturated heterocycles. The first-order chi connectivity index (χ1) is 3.41. The number of rotatable bonds is 2. The molecule has 0 aliphatic rings. The summed E-state index contributed by atoms with van der Waals surface area (Å²) in [5.41, 5.74) is 1.65. The second-order valence-corrected chi connectivity index (χ2v) is 1.44. The molecule has 0 aromatic carbocycles. The minimum absolute atomic E-state index is 1.29. The molecular formula is C3H7N3S. The Morgan fingerprint density at radius 3 is 2.86 bits per heavy atom. The minimum atomic E-state index is 1.29. The Bertz CT molecular complexity index is 78.2. The summed E-state index contributed by atoms with van der Waals surface area (Å²) in [7, 11) is 0. The van der Waals surface area contributed by atoms with Gasteiger partial charge in [0.2, 0.25) is 0 Å². The summed E-state index contributed by atoms with van der Waals surface area (Å²) in [6, 6.07) is 0. The maximum atomic E-state index is 4.72. The van der Waals surface area contributed by atoms with E-state index in [0.717, 1.165) is 0 Å². The normalized spacial score (nSPS) is 11.6. The van der Waals surface area contributed by atoms with Crippen LogP contribution in [0.4, 0.5) is 0 Å². The second kappa shape index (κ2) is 5.49. The lowest BCUT2D eigenvalue weighted by atomic mass is 11.3. The van der Waals surface area contributed by atoms with Gasteiger partial charge in [-0.2, -0.15) is 5.10 Å². The van der Waals surface area contributed by atoms with E-state index >= 15 is 0 Å². The molecule has 7 heavy (non-hydrogen) atoms. The van der Waals surface area contributed by atoms with Crippen molar-refractivity contribution in [3.05, 3.63) is 0 Å². The molecule has 0 atom stereocenters. The number of aliphatic imine (C=N–C) groups is 1. The Kier molecular flexibility index (Phi) is 5.09. The molecule has 0 radical (unpaired) electrons. The molecule has 40 valence electrons. The van der Waals surface area contributed by atoms with Crippen LogP contribution in [-0.4, -0.2) is 18.1 Å². The zero-order chi connectivity index (χ0) is 5.54. The van der Waals surface area contributed by atoms with Crippen molar-refractivity contribution in [2.75, 3.05) is 6.26 Å². The molecule has 0 aromatic heterocycles. The van der Waals surface area contributed by atoms with E-state index in [4.69, 9.17) is 5.84 Å². The van der Waals surface area contributed by atoms with E-state index in [2.05, 4.69) is 10.1 Å². The first-order valence-electron chi connectivity index (χ1n) is 1.68. The highest BCUT2D eigenvalue weighted by molar-refractivity contribution is 8.11. The Hall–Kier alpha value is -0.510. The molecule has 3 nitrogen and oxygen atoms in total. The van der Waals surface area contributed by atoms with Crippen LogP contribution < -0.4 is 5.84 Å². The van der Waals surface area contributed by atoms with E-state index in [1.165, 1.54) is 18.1 Å². The molecule has 2 N–H and O–H groups in total. The maximum Gasteiger partial charge on any atom is 0.135 e. The van der Waals surface area contributed by atoms with Crippen LogP contribution in [0.15, 0.2) is 10.1 Å². The lowest BCUT2D eigenvalue weighted by Crippen LogP contribution is -1.77. The Morgan fingerprint density at radius 1 is 1.71 bits per heavy atom. The highest BCUT2D eigenvalue weighted by atomic mass is 32.2. The third-order valence-electron chi connectivity index (χ3n) is 0.300. The summed E-state index contributed by atoms with van der Waals surface area (Å²) in [5, 5.41) is 3.14. The van der Waals surface area contributed by atoms with E-state index in [1.807, 2.05) is 6.26 Å². The average molecular weight is 117 g/mol. The number of hydrogen-bond donors (Lipinski definition) is 1. The monoisotopic (exact) mass is 117 g/mol. The number of hydrazone groups is 1. The quantitative estimate of drug-likeness (QED) is 0.244. The molecule has 0 unspecified atom stereocenters. The maximum absolute atomic E-state index is 4.72. The lowest BCUT2D eigenvalue weighted by molar-refractivity contribution is 1.26. The summed E-state index contributed by atoms with van der Waals surface area (Å²) >= 11 is 1.50. The molecule has 0 rings (SSSR count). The lowest BCUT2D eigenvalue weighted by Gasteiger charge is -1.71. The molecule has 0 aliphatic heterocycles. The third kappa shape index (κ3) is 5.49. The predicted octanol–water partition coefficient (Wildman–Crippen LogP) is 0.280. The summed E-state index contributed by atoms with van der Waals surface area (Å²) < 4.78 is 0. The van der Waals surface area contributed by atoms with Crippen molar-refractivity contribution in [3.8, 4) is 0 Å². The van der Waals surface area contributed by atoms with E-state index in [0.29, 0.717) is 0 Å². The molecule has 0 bridgehead atoms. The van der Waals surface area contributed by atoms with Gasteiger partial charge in [-0.05, 0) is 6.26 Å². The number of nitrogens with zero attached hydrogens (tertiary/aromatic N) is 2. The average Bonchev–Trinajstić information content (AvgIpc) is 1.69. The van der Waals surface area contributed by atoms with Crippen molar-refractivity contribution in [2.24, 2.45) is 15.9 Å². The zero-order valence-electron chi connectivity index (χ0n) is 4.03. The van der Waals surface area contributed by atoms with Gasteiger partial charge in [0.15, 0.2) is 0 Å². The van der Waals surface area contributed by atoms with Crippen LogP contribution in [0.2, 0.25) is 0 Å². The van der Waals surface area contributed by atoms with Crippen molar-refractivity contribution in [3.63, 3.8) is 0 Å². The van der Waals surface area contributed by atoms with Gasteiger partial charge in [0, 0.05) is 0 Å². The fraction of sp³-hybridized carbons (Fsp3) is 0.333. The SMILES string of the molecule is CS/C=N/C=N\N.